The van der Waals surface area contributed by atoms with Crippen molar-refractivity contribution in [1.29, 1.82) is 5.26 Å². The van der Waals surface area contributed by atoms with Gasteiger partial charge in [-0.15, -0.1) is 0 Å². The number of fused-ring (bicyclic) bond motifs is 1. The number of aromatic nitrogens is 3. The molecule has 2 aromatic rings. The van der Waals surface area contributed by atoms with Crippen molar-refractivity contribution in [2.45, 2.75) is 19.0 Å². The van der Waals surface area contributed by atoms with Crippen LogP contribution in [0.15, 0.2) is 12.1 Å². The third-order valence-electron chi connectivity index (χ3n) is 2.17. The second-order valence-corrected chi connectivity index (χ2v) is 4.86. The summed E-state index contributed by atoms with van der Waals surface area (Å²) >= 11 is 11.8. The fourth-order valence-corrected chi connectivity index (χ4v) is 1.91. The highest BCUT2D eigenvalue weighted by Crippen LogP contribution is 2.25. The Labute approximate surface area is 108 Å². The number of nitriles is 1. The summed E-state index contributed by atoms with van der Waals surface area (Å²) in [7, 11) is 0. The van der Waals surface area contributed by atoms with Gasteiger partial charge in [0.25, 0.3) is 0 Å². The average Bonchev–Trinajstić information content (AvgIpc) is 2.59. The SMILES string of the molecule is CC(N)(C#N)Cn1nc2cc(Cl)cc(Cl)c2n1. The van der Waals surface area contributed by atoms with E-state index in [2.05, 4.69) is 10.2 Å². The minimum atomic E-state index is -1.02. The second kappa shape index (κ2) is 4.15. The molecule has 2 rings (SSSR count). The Balaban J connectivity index is 2.46. The van der Waals surface area contributed by atoms with Crippen LogP contribution in [0, 0.1) is 11.3 Å². The molecule has 0 amide bonds. The predicted octanol–water partition coefficient (Wildman–Crippen LogP) is 1.98. The zero-order valence-corrected chi connectivity index (χ0v) is 10.5. The molecule has 88 valence electrons. The lowest BCUT2D eigenvalue weighted by Crippen LogP contribution is -2.39. The van der Waals surface area contributed by atoms with Gasteiger partial charge in [-0.3, -0.25) is 0 Å². The molecule has 0 spiro atoms. The standard InChI is InChI=1S/C10H9Cl2N5/c1-10(14,4-13)5-17-15-8-3-6(11)2-7(12)9(8)16-17/h2-3H,5,14H2,1H3. The van der Waals surface area contributed by atoms with Crippen LogP contribution in [0.4, 0.5) is 0 Å². The molecule has 0 aliphatic rings. The van der Waals surface area contributed by atoms with E-state index in [1.54, 1.807) is 19.1 Å². The van der Waals surface area contributed by atoms with Gasteiger partial charge in [-0.25, -0.2) is 0 Å². The third kappa shape index (κ3) is 2.50. The smallest absolute Gasteiger partial charge is 0.131 e. The van der Waals surface area contributed by atoms with Crippen LogP contribution in [0.3, 0.4) is 0 Å². The number of hydrogen-bond acceptors (Lipinski definition) is 4. The van der Waals surface area contributed by atoms with Gasteiger partial charge < -0.3 is 5.73 Å². The van der Waals surface area contributed by atoms with Crippen LogP contribution in [0.25, 0.3) is 11.0 Å². The monoisotopic (exact) mass is 269 g/mol. The average molecular weight is 270 g/mol. The van der Waals surface area contributed by atoms with E-state index in [9.17, 15) is 0 Å². The molecule has 1 unspecified atom stereocenters. The van der Waals surface area contributed by atoms with Crippen molar-refractivity contribution in [2.24, 2.45) is 5.73 Å². The summed E-state index contributed by atoms with van der Waals surface area (Å²) < 4.78 is 0. The Kier molecular flexibility index (Phi) is 2.96. The molecule has 17 heavy (non-hydrogen) atoms. The molecule has 0 saturated heterocycles. The van der Waals surface area contributed by atoms with Crippen LogP contribution in [0.1, 0.15) is 6.92 Å². The first kappa shape index (κ1) is 12.1. The van der Waals surface area contributed by atoms with Gasteiger partial charge >= 0.3 is 0 Å². The van der Waals surface area contributed by atoms with Crippen LogP contribution >= 0.6 is 23.2 Å². The molecule has 1 atom stereocenters. The normalized spacial score (nSPS) is 14.5. The summed E-state index contributed by atoms with van der Waals surface area (Å²) in [5.41, 5.74) is 5.82. The Morgan fingerprint density at radius 1 is 1.47 bits per heavy atom. The highest BCUT2D eigenvalue weighted by atomic mass is 35.5. The quantitative estimate of drug-likeness (QED) is 0.904. The minimum absolute atomic E-state index is 0.187. The zero-order valence-electron chi connectivity index (χ0n) is 8.98. The van der Waals surface area contributed by atoms with E-state index in [-0.39, 0.29) is 6.54 Å². The van der Waals surface area contributed by atoms with Crippen molar-refractivity contribution in [1.82, 2.24) is 15.0 Å². The van der Waals surface area contributed by atoms with Gasteiger partial charge in [0.1, 0.15) is 16.6 Å². The van der Waals surface area contributed by atoms with E-state index in [1.807, 2.05) is 6.07 Å². The number of nitrogens with zero attached hydrogens (tertiary/aromatic N) is 4. The molecule has 5 nitrogen and oxygen atoms in total. The summed E-state index contributed by atoms with van der Waals surface area (Å²) in [6.07, 6.45) is 0. The number of nitrogens with two attached hydrogens (primary N) is 1. The Morgan fingerprint density at radius 3 is 2.82 bits per heavy atom. The van der Waals surface area contributed by atoms with Gasteiger partial charge in [0.05, 0.1) is 17.6 Å². The summed E-state index contributed by atoms with van der Waals surface area (Å²) in [6, 6.07) is 5.23. The molecular weight excluding hydrogens is 261 g/mol. The van der Waals surface area contributed by atoms with Crippen LogP contribution in [0.2, 0.25) is 10.0 Å². The van der Waals surface area contributed by atoms with Gasteiger partial charge in [0, 0.05) is 5.02 Å². The van der Waals surface area contributed by atoms with Gasteiger partial charge in [0.2, 0.25) is 0 Å². The van der Waals surface area contributed by atoms with E-state index in [4.69, 9.17) is 34.2 Å². The van der Waals surface area contributed by atoms with Gasteiger partial charge in [0.15, 0.2) is 0 Å². The topological polar surface area (TPSA) is 80.5 Å². The van der Waals surface area contributed by atoms with E-state index in [0.717, 1.165) is 0 Å². The number of benzene rings is 1. The van der Waals surface area contributed by atoms with E-state index in [0.29, 0.717) is 21.1 Å². The molecule has 0 bridgehead atoms. The van der Waals surface area contributed by atoms with Crippen molar-refractivity contribution in [2.75, 3.05) is 0 Å². The van der Waals surface area contributed by atoms with E-state index < -0.39 is 5.54 Å². The van der Waals surface area contributed by atoms with E-state index >= 15 is 0 Å². The van der Waals surface area contributed by atoms with Crippen LogP contribution in [-0.4, -0.2) is 20.5 Å². The highest BCUT2D eigenvalue weighted by molar-refractivity contribution is 6.38. The van der Waals surface area contributed by atoms with Crippen LogP contribution in [-0.2, 0) is 6.54 Å². The fraction of sp³-hybridized carbons (Fsp3) is 0.300. The largest absolute Gasteiger partial charge is 0.312 e. The first-order valence-electron chi connectivity index (χ1n) is 4.81. The number of hydrogen-bond donors (Lipinski definition) is 1. The minimum Gasteiger partial charge on any atom is -0.312 e. The van der Waals surface area contributed by atoms with Crippen molar-refractivity contribution >= 4 is 34.2 Å². The number of rotatable bonds is 2. The van der Waals surface area contributed by atoms with Crippen molar-refractivity contribution < 1.29 is 0 Å². The number of halogens is 2. The van der Waals surface area contributed by atoms with Gasteiger partial charge in [-0.1, -0.05) is 23.2 Å². The second-order valence-electron chi connectivity index (χ2n) is 4.02. The fourth-order valence-electron chi connectivity index (χ4n) is 1.39. The van der Waals surface area contributed by atoms with Gasteiger partial charge in [-0.05, 0) is 19.1 Å². The Hall–Kier alpha value is -1.35. The Morgan fingerprint density at radius 2 is 2.18 bits per heavy atom. The first-order valence-corrected chi connectivity index (χ1v) is 5.57. The maximum atomic E-state index is 8.84. The Bertz CT molecular complexity index is 611. The summed E-state index contributed by atoms with van der Waals surface area (Å²) in [5.74, 6) is 0. The molecule has 0 aliphatic heterocycles. The summed E-state index contributed by atoms with van der Waals surface area (Å²) in [5, 5.41) is 18.1. The molecule has 0 radical (unpaired) electrons. The lowest BCUT2D eigenvalue weighted by molar-refractivity contribution is 0.423. The maximum absolute atomic E-state index is 8.84. The lowest BCUT2D eigenvalue weighted by Gasteiger charge is -2.13. The van der Waals surface area contributed by atoms with E-state index in [1.165, 1.54) is 4.80 Å². The molecule has 0 aliphatic carbocycles. The van der Waals surface area contributed by atoms with Crippen molar-refractivity contribution in [3.05, 3.63) is 22.2 Å². The predicted molar refractivity (Wildman–Crippen MR) is 65.8 cm³/mol. The summed E-state index contributed by atoms with van der Waals surface area (Å²) in [6.45, 7) is 1.79. The lowest BCUT2D eigenvalue weighted by atomic mass is 10.1. The molecule has 0 fully saturated rings. The molecular formula is C10H9Cl2N5. The van der Waals surface area contributed by atoms with Crippen molar-refractivity contribution in [3.63, 3.8) is 0 Å². The molecule has 7 heteroatoms. The first-order chi connectivity index (χ1) is 7.91. The maximum Gasteiger partial charge on any atom is 0.131 e. The van der Waals surface area contributed by atoms with Crippen molar-refractivity contribution in [3.8, 4) is 6.07 Å². The molecule has 2 N–H and O–H groups in total. The molecule has 1 aromatic heterocycles. The van der Waals surface area contributed by atoms with Crippen LogP contribution in [0.5, 0.6) is 0 Å². The third-order valence-corrected chi connectivity index (χ3v) is 2.68. The zero-order chi connectivity index (χ0) is 12.6. The van der Waals surface area contributed by atoms with Crippen LogP contribution < -0.4 is 5.73 Å². The molecule has 0 saturated carbocycles. The van der Waals surface area contributed by atoms with Gasteiger partial charge in [-0.2, -0.15) is 20.3 Å². The highest BCUT2D eigenvalue weighted by Gasteiger charge is 2.20. The summed E-state index contributed by atoms with van der Waals surface area (Å²) in [4.78, 5) is 1.36. The molecule has 1 heterocycles. The molecule has 1 aromatic carbocycles.